The third kappa shape index (κ3) is 3.69. The highest BCUT2D eigenvalue weighted by molar-refractivity contribution is 7.99. The first kappa shape index (κ1) is 15.1. The number of carbonyl (C=O) groups excluding carboxylic acids is 1. The van der Waals surface area contributed by atoms with Gasteiger partial charge in [-0.25, -0.2) is 9.78 Å². The molecule has 1 aromatic carbocycles. The van der Waals surface area contributed by atoms with Crippen LogP contribution in [-0.4, -0.2) is 36.6 Å². The summed E-state index contributed by atoms with van der Waals surface area (Å²) in [5.74, 6) is 0.853. The van der Waals surface area contributed by atoms with Crippen molar-refractivity contribution in [3.8, 4) is 5.69 Å². The van der Waals surface area contributed by atoms with Crippen molar-refractivity contribution in [2.75, 3.05) is 16.8 Å². The number of aromatic nitrogens is 5. The zero-order chi connectivity index (χ0) is 16.2. The van der Waals surface area contributed by atoms with E-state index in [1.807, 2.05) is 43.3 Å². The van der Waals surface area contributed by atoms with Crippen molar-refractivity contribution in [2.45, 2.75) is 12.1 Å². The average Bonchev–Trinajstić information content (AvgIpc) is 3.12. The Morgan fingerprint density at radius 3 is 2.87 bits per heavy atom. The van der Waals surface area contributed by atoms with Gasteiger partial charge in [-0.3, -0.25) is 4.79 Å². The molecule has 0 atom stereocenters. The summed E-state index contributed by atoms with van der Waals surface area (Å²) >= 11 is 1.20. The van der Waals surface area contributed by atoms with Crippen LogP contribution in [0.15, 0.2) is 41.6 Å². The molecule has 0 saturated carbocycles. The van der Waals surface area contributed by atoms with Gasteiger partial charge in [0.15, 0.2) is 0 Å². The molecule has 3 aromatic rings. The number of anilines is 2. The topological polar surface area (TPSA) is 115 Å². The van der Waals surface area contributed by atoms with E-state index in [0.29, 0.717) is 11.0 Å². The number of benzene rings is 1. The molecular formula is C14H15N7OS. The molecule has 23 heavy (non-hydrogen) atoms. The van der Waals surface area contributed by atoms with Crippen LogP contribution in [-0.2, 0) is 4.79 Å². The number of aryl methyl sites for hydroxylation is 1. The molecule has 1 amide bonds. The number of H-pyrrole nitrogens is 1. The minimum atomic E-state index is -0.171. The number of amides is 1. The largest absolute Gasteiger partial charge is 0.368 e. The SMILES string of the molecule is Cc1cc(NC(=O)CSc2n[nH]c(N)n2)n(-c2ccccc2)n1. The van der Waals surface area contributed by atoms with E-state index in [9.17, 15) is 4.79 Å². The summed E-state index contributed by atoms with van der Waals surface area (Å²) < 4.78 is 1.70. The number of nitrogens with two attached hydrogens (primary N) is 1. The summed E-state index contributed by atoms with van der Waals surface area (Å²) in [6.07, 6.45) is 0. The van der Waals surface area contributed by atoms with Crippen LogP contribution in [0.3, 0.4) is 0 Å². The maximum Gasteiger partial charge on any atom is 0.236 e. The van der Waals surface area contributed by atoms with Crippen molar-refractivity contribution in [2.24, 2.45) is 0 Å². The molecule has 0 aliphatic heterocycles. The number of para-hydroxylation sites is 1. The van der Waals surface area contributed by atoms with Crippen LogP contribution in [0.5, 0.6) is 0 Å². The molecule has 0 bridgehead atoms. The fraction of sp³-hybridized carbons (Fsp3) is 0.143. The summed E-state index contributed by atoms with van der Waals surface area (Å²) in [7, 11) is 0. The number of carbonyl (C=O) groups is 1. The number of hydrogen-bond donors (Lipinski definition) is 3. The summed E-state index contributed by atoms with van der Waals surface area (Å²) in [4.78, 5) is 16.1. The van der Waals surface area contributed by atoms with Crippen molar-refractivity contribution in [3.63, 3.8) is 0 Å². The van der Waals surface area contributed by atoms with Gasteiger partial charge in [-0.1, -0.05) is 30.0 Å². The second-order valence-corrected chi connectivity index (χ2v) is 5.70. The standard InChI is InChI=1S/C14H15N7OS/c1-9-7-11(21(20-9)10-5-3-2-4-6-10)16-12(22)8-23-14-17-13(15)18-19-14/h2-7H,8H2,1H3,(H,16,22)(H3,15,17,18,19). The van der Waals surface area contributed by atoms with Gasteiger partial charge in [0.2, 0.25) is 17.0 Å². The highest BCUT2D eigenvalue weighted by Gasteiger charge is 2.12. The number of rotatable bonds is 5. The first-order valence-corrected chi connectivity index (χ1v) is 7.83. The quantitative estimate of drug-likeness (QED) is 0.613. The van der Waals surface area contributed by atoms with Gasteiger partial charge in [0.25, 0.3) is 0 Å². The third-order valence-electron chi connectivity index (χ3n) is 2.91. The molecule has 8 nitrogen and oxygen atoms in total. The van der Waals surface area contributed by atoms with Crippen LogP contribution in [0.25, 0.3) is 5.69 Å². The zero-order valence-electron chi connectivity index (χ0n) is 12.4. The Hall–Kier alpha value is -2.81. The Kier molecular flexibility index (Phi) is 4.29. The minimum Gasteiger partial charge on any atom is -0.368 e. The molecule has 2 heterocycles. The molecule has 4 N–H and O–H groups in total. The third-order valence-corrected chi connectivity index (χ3v) is 3.76. The number of thioether (sulfide) groups is 1. The highest BCUT2D eigenvalue weighted by Crippen LogP contribution is 2.18. The van der Waals surface area contributed by atoms with E-state index < -0.39 is 0 Å². The van der Waals surface area contributed by atoms with Gasteiger partial charge in [0, 0.05) is 6.07 Å². The Bertz CT molecular complexity index is 812. The van der Waals surface area contributed by atoms with E-state index in [4.69, 9.17) is 5.73 Å². The van der Waals surface area contributed by atoms with Crippen molar-refractivity contribution >= 4 is 29.4 Å². The molecule has 0 aliphatic rings. The van der Waals surface area contributed by atoms with Gasteiger partial charge in [-0.15, -0.1) is 5.10 Å². The summed E-state index contributed by atoms with van der Waals surface area (Å²) in [5, 5.41) is 14.1. The molecule has 0 unspecified atom stereocenters. The lowest BCUT2D eigenvalue weighted by atomic mass is 10.3. The molecule has 2 aromatic heterocycles. The monoisotopic (exact) mass is 329 g/mol. The van der Waals surface area contributed by atoms with Crippen molar-refractivity contribution in [1.29, 1.82) is 0 Å². The van der Waals surface area contributed by atoms with E-state index in [1.165, 1.54) is 11.8 Å². The normalized spacial score (nSPS) is 10.7. The minimum absolute atomic E-state index is 0.171. The first-order valence-electron chi connectivity index (χ1n) is 6.84. The second kappa shape index (κ2) is 6.53. The van der Waals surface area contributed by atoms with Crippen molar-refractivity contribution in [3.05, 3.63) is 42.1 Å². The van der Waals surface area contributed by atoms with Crippen molar-refractivity contribution < 1.29 is 4.79 Å². The van der Waals surface area contributed by atoms with Crippen LogP contribution < -0.4 is 11.1 Å². The smallest absolute Gasteiger partial charge is 0.236 e. The summed E-state index contributed by atoms with van der Waals surface area (Å²) in [6, 6.07) is 11.4. The number of nitrogens with zero attached hydrogens (tertiary/aromatic N) is 4. The molecule has 0 fully saturated rings. The maximum atomic E-state index is 12.1. The Morgan fingerprint density at radius 2 is 2.17 bits per heavy atom. The zero-order valence-corrected chi connectivity index (χ0v) is 13.2. The van der Waals surface area contributed by atoms with Crippen LogP contribution >= 0.6 is 11.8 Å². The Morgan fingerprint density at radius 1 is 1.39 bits per heavy atom. The molecule has 118 valence electrons. The van der Waals surface area contributed by atoms with Gasteiger partial charge in [-0.05, 0) is 19.1 Å². The summed E-state index contributed by atoms with van der Waals surface area (Å²) in [6.45, 7) is 1.88. The van der Waals surface area contributed by atoms with Crippen molar-refractivity contribution in [1.82, 2.24) is 25.0 Å². The predicted molar refractivity (Wildman–Crippen MR) is 88.4 cm³/mol. The number of aromatic amines is 1. The van der Waals surface area contributed by atoms with Gasteiger partial charge in [0.05, 0.1) is 17.1 Å². The van der Waals surface area contributed by atoms with E-state index in [-0.39, 0.29) is 17.6 Å². The number of hydrogen-bond acceptors (Lipinski definition) is 6. The van der Waals surface area contributed by atoms with Gasteiger partial charge < -0.3 is 11.1 Å². The van der Waals surface area contributed by atoms with Gasteiger partial charge >= 0.3 is 0 Å². The molecule has 0 aliphatic carbocycles. The molecule has 3 rings (SSSR count). The predicted octanol–water partition coefficient (Wildman–Crippen LogP) is 1.61. The fourth-order valence-corrected chi connectivity index (χ4v) is 2.59. The van der Waals surface area contributed by atoms with E-state index in [2.05, 4.69) is 25.6 Å². The number of nitrogens with one attached hydrogen (secondary N) is 2. The van der Waals surface area contributed by atoms with E-state index in [0.717, 1.165) is 11.4 Å². The van der Waals surface area contributed by atoms with Crippen LogP contribution in [0.2, 0.25) is 0 Å². The molecule has 0 saturated heterocycles. The fourth-order valence-electron chi connectivity index (χ4n) is 1.99. The van der Waals surface area contributed by atoms with Crippen LogP contribution in [0.1, 0.15) is 5.69 Å². The Balaban J connectivity index is 1.69. The average molecular weight is 329 g/mol. The lowest BCUT2D eigenvalue weighted by Gasteiger charge is -2.08. The molecular weight excluding hydrogens is 314 g/mol. The van der Waals surface area contributed by atoms with Gasteiger partial charge in [-0.2, -0.15) is 10.1 Å². The lowest BCUT2D eigenvalue weighted by molar-refractivity contribution is -0.113. The number of nitrogen functional groups attached to an aromatic ring is 1. The first-order chi connectivity index (χ1) is 11.1. The van der Waals surface area contributed by atoms with Gasteiger partial charge in [0.1, 0.15) is 5.82 Å². The summed E-state index contributed by atoms with van der Waals surface area (Å²) in [5.41, 5.74) is 7.14. The van der Waals surface area contributed by atoms with E-state index in [1.54, 1.807) is 4.68 Å². The van der Waals surface area contributed by atoms with Crippen LogP contribution in [0, 0.1) is 6.92 Å². The molecule has 0 spiro atoms. The molecule has 9 heteroatoms. The second-order valence-electron chi connectivity index (χ2n) is 4.76. The Labute approximate surface area is 136 Å². The highest BCUT2D eigenvalue weighted by atomic mass is 32.2. The van der Waals surface area contributed by atoms with E-state index >= 15 is 0 Å². The molecule has 0 radical (unpaired) electrons. The maximum absolute atomic E-state index is 12.1. The lowest BCUT2D eigenvalue weighted by Crippen LogP contribution is -2.17. The van der Waals surface area contributed by atoms with Crippen LogP contribution in [0.4, 0.5) is 11.8 Å².